The Kier molecular flexibility index (Phi) is 5.54. The molecular formula is C28H22N4O5. The molecule has 2 heterocycles. The normalized spacial score (nSPS) is 12.5. The second kappa shape index (κ2) is 9.03. The molecule has 5 aromatic rings. The standard InChI is InChI=1S/C28H22N4O5/c33-14-13-32-25(23(27(34)35)24-26(32)30-22-12-6-5-11-21(22)29-24)31-28(36)37-15-20-18-9-3-1-7-16(18)17-8-2-4-10-19(17)20/h1-12,20,33H,13-15H2,(H,31,36)(H,34,35). The Hall–Kier alpha value is -4.76. The first-order valence-electron chi connectivity index (χ1n) is 11.8. The Morgan fingerprint density at radius 1 is 0.892 bits per heavy atom. The predicted octanol–water partition coefficient (Wildman–Crippen LogP) is 4.64. The van der Waals surface area contributed by atoms with Crippen molar-refractivity contribution >= 4 is 40.1 Å². The summed E-state index contributed by atoms with van der Waals surface area (Å²) in [6.45, 7) is -0.213. The summed E-state index contributed by atoms with van der Waals surface area (Å²) in [4.78, 5) is 34.3. The molecule has 0 spiro atoms. The number of nitrogens with one attached hydrogen (secondary N) is 1. The van der Waals surface area contributed by atoms with E-state index in [1.54, 1.807) is 24.3 Å². The maximum absolute atomic E-state index is 13.0. The van der Waals surface area contributed by atoms with Crippen LogP contribution in [0.2, 0.25) is 0 Å². The number of carbonyl (C=O) groups is 2. The largest absolute Gasteiger partial charge is 0.477 e. The summed E-state index contributed by atoms with van der Waals surface area (Å²) < 4.78 is 7.07. The fourth-order valence-electron chi connectivity index (χ4n) is 5.08. The van der Waals surface area contributed by atoms with E-state index in [-0.39, 0.29) is 48.2 Å². The van der Waals surface area contributed by atoms with Crippen LogP contribution in [0, 0.1) is 0 Å². The van der Waals surface area contributed by atoms with E-state index in [0.29, 0.717) is 11.0 Å². The van der Waals surface area contributed by atoms with Crippen molar-refractivity contribution in [3.8, 4) is 11.1 Å². The van der Waals surface area contributed by atoms with Gasteiger partial charge in [0.15, 0.2) is 5.65 Å². The second-order valence-electron chi connectivity index (χ2n) is 8.74. The molecule has 9 heteroatoms. The van der Waals surface area contributed by atoms with Gasteiger partial charge in [0.05, 0.1) is 17.6 Å². The lowest BCUT2D eigenvalue weighted by atomic mass is 9.98. The van der Waals surface area contributed by atoms with Gasteiger partial charge < -0.3 is 19.5 Å². The maximum Gasteiger partial charge on any atom is 0.412 e. The Morgan fingerprint density at radius 3 is 2.11 bits per heavy atom. The van der Waals surface area contributed by atoms with Crippen molar-refractivity contribution in [2.24, 2.45) is 0 Å². The lowest BCUT2D eigenvalue weighted by Crippen LogP contribution is -2.21. The number of fused-ring (bicyclic) bond motifs is 5. The number of aliphatic hydroxyl groups excluding tert-OH is 1. The number of benzene rings is 3. The van der Waals surface area contributed by atoms with E-state index in [1.807, 2.05) is 48.5 Å². The first kappa shape index (κ1) is 22.7. The third kappa shape index (κ3) is 3.76. The van der Waals surface area contributed by atoms with Gasteiger partial charge in [-0.05, 0) is 34.4 Å². The number of nitrogens with zero attached hydrogens (tertiary/aromatic N) is 3. The highest BCUT2D eigenvalue weighted by Gasteiger charge is 2.30. The lowest BCUT2D eigenvalue weighted by molar-refractivity contribution is 0.0699. The van der Waals surface area contributed by atoms with Crippen molar-refractivity contribution in [3.05, 3.63) is 89.5 Å². The summed E-state index contributed by atoms with van der Waals surface area (Å²) in [5, 5.41) is 22.3. The van der Waals surface area contributed by atoms with Gasteiger partial charge in [-0.1, -0.05) is 60.7 Å². The summed E-state index contributed by atoms with van der Waals surface area (Å²) in [6.07, 6.45) is -0.809. The van der Waals surface area contributed by atoms with Crippen molar-refractivity contribution in [2.75, 3.05) is 18.5 Å². The second-order valence-corrected chi connectivity index (χ2v) is 8.74. The van der Waals surface area contributed by atoms with E-state index in [4.69, 9.17) is 4.74 Å². The zero-order chi connectivity index (χ0) is 25.5. The van der Waals surface area contributed by atoms with E-state index in [1.165, 1.54) is 4.57 Å². The van der Waals surface area contributed by atoms with Gasteiger partial charge in [-0.3, -0.25) is 5.32 Å². The van der Waals surface area contributed by atoms with Crippen molar-refractivity contribution in [3.63, 3.8) is 0 Å². The van der Waals surface area contributed by atoms with E-state index in [0.717, 1.165) is 22.3 Å². The first-order valence-corrected chi connectivity index (χ1v) is 11.8. The molecule has 0 fully saturated rings. The van der Waals surface area contributed by atoms with Crippen LogP contribution in [0.3, 0.4) is 0 Å². The molecule has 6 rings (SSSR count). The number of aromatic carboxylic acids is 1. The van der Waals surface area contributed by atoms with Crippen LogP contribution in [0.4, 0.5) is 10.6 Å². The SMILES string of the molecule is O=C(Nc1c(C(=O)O)c2nc3ccccc3nc2n1CCO)OCC1c2ccccc2-c2ccccc21. The number of carbonyl (C=O) groups excluding carboxylic acids is 1. The molecule has 37 heavy (non-hydrogen) atoms. The number of hydrogen-bond donors (Lipinski definition) is 3. The maximum atomic E-state index is 13.0. The summed E-state index contributed by atoms with van der Waals surface area (Å²) in [5.41, 5.74) is 5.58. The molecule has 0 radical (unpaired) electrons. The molecule has 3 aromatic carbocycles. The fourth-order valence-corrected chi connectivity index (χ4v) is 5.08. The number of carboxylic acid groups (broad SMARTS) is 1. The van der Waals surface area contributed by atoms with Gasteiger partial charge in [0, 0.05) is 12.5 Å². The van der Waals surface area contributed by atoms with Crippen LogP contribution in [0.1, 0.15) is 27.4 Å². The zero-order valence-electron chi connectivity index (χ0n) is 19.6. The minimum atomic E-state index is -1.28. The summed E-state index contributed by atoms with van der Waals surface area (Å²) in [6, 6.07) is 23.1. The Balaban J connectivity index is 1.34. The van der Waals surface area contributed by atoms with Crippen LogP contribution in [-0.2, 0) is 11.3 Å². The van der Waals surface area contributed by atoms with Gasteiger partial charge in [0.1, 0.15) is 23.5 Å². The lowest BCUT2D eigenvalue weighted by Gasteiger charge is -2.15. The molecule has 0 unspecified atom stereocenters. The average molecular weight is 495 g/mol. The van der Waals surface area contributed by atoms with Gasteiger partial charge in [0.25, 0.3) is 0 Å². The third-order valence-electron chi connectivity index (χ3n) is 6.65. The monoisotopic (exact) mass is 494 g/mol. The quantitative estimate of drug-likeness (QED) is 0.314. The van der Waals surface area contributed by atoms with Gasteiger partial charge in [-0.15, -0.1) is 0 Å². The molecule has 9 nitrogen and oxygen atoms in total. The number of hydrogen-bond acceptors (Lipinski definition) is 6. The molecule has 0 bridgehead atoms. The van der Waals surface area contributed by atoms with Crippen molar-refractivity contribution in [2.45, 2.75) is 12.5 Å². The van der Waals surface area contributed by atoms with Crippen LogP contribution < -0.4 is 5.32 Å². The highest BCUT2D eigenvalue weighted by atomic mass is 16.5. The molecule has 2 aromatic heterocycles. The Bertz CT molecular complexity index is 1650. The van der Waals surface area contributed by atoms with Gasteiger partial charge in [0.2, 0.25) is 0 Å². The summed E-state index contributed by atoms with van der Waals surface area (Å²) in [7, 11) is 0. The van der Waals surface area contributed by atoms with Gasteiger partial charge >= 0.3 is 12.1 Å². The van der Waals surface area contributed by atoms with Crippen LogP contribution in [0.5, 0.6) is 0 Å². The third-order valence-corrected chi connectivity index (χ3v) is 6.65. The minimum Gasteiger partial charge on any atom is -0.477 e. The fraction of sp³-hybridized carbons (Fsp3) is 0.143. The van der Waals surface area contributed by atoms with E-state index < -0.39 is 12.1 Å². The van der Waals surface area contributed by atoms with E-state index >= 15 is 0 Å². The van der Waals surface area contributed by atoms with E-state index in [2.05, 4.69) is 15.3 Å². The molecule has 0 aliphatic heterocycles. The summed E-state index contributed by atoms with van der Waals surface area (Å²) in [5.74, 6) is -1.46. The Labute approximate surface area is 211 Å². The average Bonchev–Trinajstić information content (AvgIpc) is 3.38. The van der Waals surface area contributed by atoms with Crippen molar-refractivity contribution in [1.29, 1.82) is 0 Å². The molecule has 0 atom stereocenters. The first-order chi connectivity index (χ1) is 18.1. The zero-order valence-corrected chi connectivity index (χ0v) is 19.6. The molecule has 1 aliphatic rings. The number of para-hydroxylation sites is 2. The number of ether oxygens (including phenoxy) is 1. The minimum absolute atomic E-state index is 0.00971. The molecular weight excluding hydrogens is 472 g/mol. The predicted molar refractivity (Wildman–Crippen MR) is 138 cm³/mol. The molecule has 1 aliphatic carbocycles. The van der Waals surface area contributed by atoms with Crippen molar-refractivity contribution in [1.82, 2.24) is 14.5 Å². The molecule has 0 saturated carbocycles. The van der Waals surface area contributed by atoms with E-state index in [9.17, 15) is 19.8 Å². The highest BCUT2D eigenvalue weighted by molar-refractivity contribution is 6.10. The topological polar surface area (TPSA) is 127 Å². The molecule has 0 saturated heterocycles. The van der Waals surface area contributed by atoms with Crippen molar-refractivity contribution < 1.29 is 24.5 Å². The number of aliphatic hydroxyl groups is 1. The highest BCUT2D eigenvalue weighted by Crippen LogP contribution is 2.44. The van der Waals surface area contributed by atoms with Gasteiger partial charge in [-0.2, -0.15) is 0 Å². The van der Waals surface area contributed by atoms with Crippen LogP contribution in [0.25, 0.3) is 33.3 Å². The van der Waals surface area contributed by atoms with Crippen LogP contribution >= 0.6 is 0 Å². The number of amides is 1. The molecule has 184 valence electrons. The van der Waals surface area contributed by atoms with Crippen LogP contribution in [0.15, 0.2) is 72.8 Å². The van der Waals surface area contributed by atoms with Gasteiger partial charge in [-0.25, -0.2) is 19.6 Å². The van der Waals surface area contributed by atoms with Crippen LogP contribution in [-0.4, -0.2) is 50.0 Å². The number of carboxylic acids is 1. The molecule has 3 N–H and O–H groups in total. The number of anilines is 1. The Morgan fingerprint density at radius 2 is 1.49 bits per heavy atom. The smallest absolute Gasteiger partial charge is 0.412 e. The molecule has 1 amide bonds. The number of aromatic nitrogens is 3. The number of rotatable bonds is 6. The summed E-state index contributed by atoms with van der Waals surface area (Å²) >= 11 is 0.